The van der Waals surface area contributed by atoms with Gasteiger partial charge in [-0.3, -0.25) is 35.2 Å². The van der Waals surface area contributed by atoms with Crippen LogP contribution in [0.3, 0.4) is 0 Å². The molecule has 2 aliphatic heterocycles. The Labute approximate surface area is 327 Å². The second kappa shape index (κ2) is 16.2. The summed E-state index contributed by atoms with van der Waals surface area (Å²) in [7, 11) is 2.88. The lowest BCUT2D eigenvalue weighted by atomic mass is 9.75. The summed E-state index contributed by atoms with van der Waals surface area (Å²) in [5, 5.41) is 0. The maximum Gasteiger partial charge on any atom is 0.306 e. The summed E-state index contributed by atoms with van der Waals surface area (Å²) in [6.45, 7) is 2.40. The van der Waals surface area contributed by atoms with Crippen molar-refractivity contribution in [3.05, 3.63) is 96.8 Å². The van der Waals surface area contributed by atoms with E-state index in [1.54, 1.807) is 26.4 Å². The normalized spacial score (nSPS) is 23.7. The van der Waals surface area contributed by atoms with Crippen molar-refractivity contribution in [1.29, 1.82) is 0 Å². The van der Waals surface area contributed by atoms with Crippen LogP contribution in [0.2, 0.25) is 0 Å². The molecular formula is C44H49N7O5. The van der Waals surface area contributed by atoms with E-state index < -0.39 is 18.0 Å². The zero-order valence-corrected chi connectivity index (χ0v) is 32.1. The number of anilines is 1. The van der Waals surface area contributed by atoms with Gasteiger partial charge in [0.05, 0.1) is 61.3 Å². The van der Waals surface area contributed by atoms with E-state index in [-0.39, 0.29) is 36.1 Å². The van der Waals surface area contributed by atoms with Crippen molar-refractivity contribution in [3.8, 4) is 22.4 Å². The predicted molar refractivity (Wildman–Crippen MR) is 214 cm³/mol. The number of carbonyl (C=O) groups excluding carboxylic acids is 3. The van der Waals surface area contributed by atoms with Gasteiger partial charge < -0.3 is 19.4 Å². The Morgan fingerprint density at radius 3 is 2.38 bits per heavy atom. The Bertz CT molecular complexity index is 2110. The number of esters is 1. The summed E-state index contributed by atoms with van der Waals surface area (Å²) in [5.41, 5.74) is 14.3. The summed E-state index contributed by atoms with van der Waals surface area (Å²) in [5.74, 6) is 0.567. The summed E-state index contributed by atoms with van der Waals surface area (Å²) in [6.07, 6.45) is 12.5. The van der Waals surface area contributed by atoms with Gasteiger partial charge in [0.1, 0.15) is 5.82 Å². The number of H-pyrrole nitrogens is 1. The average molecular weight is 756 g/mol. The number of ether oxygens (including phenoxy) is 2. The number of aromatic amines is 1. The van der Waals surface area contributed by atoms with Crippen LogP contribution in [-0.2, 0) is 23.9 Å². The molecule has 2 aromatic heterocycles. The first-order valence-electron chi connectivity index (χ1n) is 19.7. The number of aromatic nitrogens is 3. The highest BCUT2D eigenvalue weighted by Crippen LogP contribution is 2.54. The zero-order chi connectivity index (χ0) is 38.8. The number of hydrogen-bond donors (Lipinski definition) is 3. The van der Waals surface area contributed by atoms with Crippen molar-refractivity contribution in [3.63, 3.8) is 0 Å². The number of rotatable bonds is 13. The second-order valence-electron chi connectivity index (χ2n) is 15.5. The number of amides is 2. The van der Waals surface area contributed by atoms with E-state index in [1.165, 1.54) is 12.7 Å². The number of likely N-dealkylation sites (tertiary alicyclic amines) is 1. The van der Waals surface area contributed by atoms with E-state index in [2.05, 4.69) is 69.4 Å². The number of allylic oxidation sites excluding steroid dienone is 1. The van der Waals surface area contributed by atoms with Crippen LogP contribution in [0.1, 0.15) is 69.3 Å². The van der Waals surface area contributed by atoms with Gasteiger partial charge in [-0.15, -0.1) is 0 Å². The Kier molecular flexibility index (Phi) is 10.8. The molecule has 12 nitrogen and oxygen atoms in total. The van der Waals surface area contributed by atoms with Gasteiger partial charge in [-0.25, -0.2) is 4.98 Å². The number of benzene rings is 2. The molecule has 4 aromatic rings. The van der Waals surface area contributed by atoms with E-state index >= 15 is 0 Å². The number of hydrazine groups is 1. The van der Waals surface area contributed by atoms with Crippen molar-refractivity contribution in [2.24, 2.45) is 34.6 Å². The number of imidazole rings is 1. The van der Waals surface area contributed by atoms with Crippen LogP contribution in [-0.4, -0.2) is 70.2 Å². The minimum atomic E-state index is -0.633. The number of pyridine rings is 1. The summed E-state index contributed by atoms with van der Waals surface area (Å²) >= 11 is 0. The van der Waals surface area contributed by atoms with Gasteiger partial charge in [0.25, 0.3) is 0 Å². The summed E-state index contributed by atoms with van der Waals surface area (Å²) in [4.78, 5) is 58.3. The number of carbonyl (C=O) groups is 3. The fraction of sp³-hybridized carbons (Fsp3) is 0.409. The molecule has 56 heavy (non-hydrogen) atoms. The van der Waals surface area contributed by atoms with E-state index in [0.29, 0.717) is 18.4 Å². The zero-order valence-electron chi connectivity index (χ0n) is 32.1. The average Bonchev–Trinajstić information content (AvgIpc) is 4.10. The number of hydrogen-bond acceptors (Lipinski definition) is 9. The number of nitrogens with zero attached hydrogens (tertiary/aromatic N) is 4. The lowest BCUT2D eigenvalue weighted by Gasteiger charge is -2.30. The molecule has 2 aliphatic carbocycles. The van der Waals surface area contributed by atoms with Crippen molar-refractivity contribution >= 4 is 34.8 Å². The smallest absolute Gasteiger partial charge is 0.306 e. The van der Waals surface area contributed by atoms with Gasteiger partial charge in [-0.2, -0.15) is 0 Å². The van der Waals surface area contributed by atoms with Crippen molar-refractivity contribution < 1.29 is 23.9 Å². The molecule has 7 atom stereocenters. The van der Waals surface area contributed by atoms with Crippen molar-refractivity contribution in [2.45, 2.75) is 64.0 Å². The molecule has 3 fully saturated rings. The van der Waals surface area contributed by atoms with E-state index in [0.717, 1.165) is 83.7 Å². The van der Waals surface area contributed by atoms with Crippen LogP contribution in [0.5, 0.6) is 0 Å². The largest absolute Gasteiger partial charge is 0.469 e. The maximum atomic E-state index is 13.7. The van der Waals surface area contributed by atoms with Crippen LogP contribution < -0.4 is 10.9 Å². The molecule has 2 unspecified atom stereocenters. The lowest BCUT2D eigenvalue weighted by molar-refractivity contribution is -0.151. The summed E-state index contributed by atoms with van der Waals surface area (Å²) < 4.78 is 10.3. The highest BCUT2D eigenvalue weighted by atomic mass is 16.5. The number of nitrogens with one attached hydrogen (secondary N) is 3. The van der Waals surface area contributed by atoms with E-state index in [4.69, 9.17) is 19.5 Å². The Morgan fingerprint density at radius 1 is 0.929 bits per heavy atom. The highest BCUT2D eigenvalue weighted by Gasteiger charge is 2.53. The quantitative estimate of drug-likeness (QED) is 0.0975. The third kappa shape index (κ3) is 7.49. The molecule has 0 radical (unpaired) electrons. The fourth-order valence-electron chi connectivity index (χ4n) is 9.41. The topological polar surface area (TPSA) is 151 Å². The number of aliphatic imine (C=N–C) groups is 1. The third-order valence-electron chi connectivity index (χ3n) is 12.5. The van der Waals surface area contributed by atoms with Crippen molar-refractivity contribution in [2.75, 3.05) is 26.2 Å². The first-order valence-corrected chi connectivity index (χ1v) is 19.7. The van der Waals surface area contributed by atoms with Crippen molar-refractivity contribution in [1.82, 2.24) is 25.3 Å². The molecule has 2 bridgehead atoms. The van der Waals surface area contributed by atoms with Crippen LogP contribution in [0, 0.1) is 29.6 Å². The van der Waals surface area contributed by atoms with Gasteiger partial charge in [0.15, 0.2) is 0 Å². The first-order chi connectivity index (χ1) is 27.3. The molecule has 3 N–H and O–H groups in total. The van der Waals surface area contributed by atoms with Crippen LogP contribution in [0.4, 0.5) is 5.69 Å². The van der Waals surface area contributed by atoms with Gasteiger partial charge in [-0.05, 0) is 90.8 Å². The maximum absolute atomic E-state index is 13.7. The van der Waals surface area contributed by atoms with Crippen LogP contribution in [0.25, 0.3) is 28.0 Å². The van der Waals surface area contributed by atoms with Gasteiger partial charge >= 0.3 is 5.97 Å². The van der Waals surface area contributed by atoms with Gasteiger partial charge in [0, 0.05) is 44.1 Å². The van der Waals surface area contributed by atoms with Crippen LogP contribution >= 0.6 is 0 Å². The molecule has 2 amide bonds. The molecule has 290 valence electrons. The van der Waals surface area contributed by atoms with Crippen LogP contribution in [0.15, 0.2) is 90.4 Å². The molecule has 0 spiro atoms. The minimum Gasteiger partial charge on any atom is -0.469 e. The van der Waals surface area contributed by atoms with Gasteiger partial charge in [-0.1, -0.05) is 48.5 Å². The molecule has 1 saturated heterocycles. The SMILES string of the molecule is COC(=O)C[C@H](C(=O)N1CCC[C@H]1c1ncc(-c2ccc(-c3ccc(C4=CN=C([C@H]5C6CCC(C6)[C@@H]5C(=O)NNc5cccnc5)C4)cc3)cc2)[nH]1)[C@@H](C)OC. The molecule has 2 saturated carbocycles. The Morgan fingerprint density at radius 2 is 1.66 bits per heavy atom. The molecular weight excluding hydrogens is 707 g/mol. The first kappa shape index (κ1) is 37.3. The van der Waals surface area contributed by atoms with Gasteiger partial charge in [0.2, 0.25) is 11.8 Å². The predicted octanol–water partition coefficient (Wildman–Crippen LogP) is 7.01. The molecule has 12 heteroatoms. The fourth-order valence-corrected chi connectivity index (χ4v) is 9.41. The molecule has 4 aliphatic rings. The van der Waals surface area contributed by atoms with E-state index in [1.807, 2.05) is 29.4 Å². The minimum absolute atomic E-state index is 0.0326. The molecule has 4 heterocycles. The van der Waals surface area contributed by atoms with E-state index in [9.17, 15) is 14.4 Å². The standard InChI is InChI=1S/C44H49N7O5/c1-26(55-2)35(22-39(52)56-3)44(54)51-19-5-7-38(51)42-47-25-37(48-42)30-14-12-28(13-15-30)27-8-10-29(11-9-27)33-21-36(46-23-33)40-31-16-17-32(20-31)41(40)43(53)50-49-34-6-4-18-45-24-34/h4,6,8-15,18,23-26,31-32,35,38,40-41,49H,5,7,16-17,19-22H2,1-3H3,(H,47,48)(H,50,53)/t26-,31?,32?,35+,38+,40-,41+/m1/s1. The Hall–Kier alpha value is -5.62. The lowest BCUT2D eigenvalue weighted by Crippen LogP contribution is -2.43. The molecule has 8 rings (SSSR count). The second-order valence-corrected chi connectivity index (χ2v) is 15.5. The number of methoxy groups -OCH3 is 2. The Balaban J connectivity index is 0.889. The monoisotopic (exact) mass is 755 g/mol. The number of fused-ring (bicyclic) bond motifs is 2. The highest BCUT2D eigenvalue weighted by molar-refractivity contribution is 6.02. The molecule has 2 aromatic carbocycles. The summed E-state index contributed by atoms with van der Waals surface area (Å²) in [6, 6.07) is 20.5. The third-order valence-corrected chi connectivity index (χ3v) is 12.5.